The van der Waals surface area contributed by atoms with Crippen molar-refractivity contribution < 1.29 is 0 Å². The van der Waals surface area contributed by atoms with Crippen LogP contribution in [-0.2, 0) is 0 Å². The molecule has 0 bridgehead atoms. The Hall–Kier alpha value is 1.48. The molecular weight excluding hydrogens is 296 g/mol. The summed E-state index contributed by atoms with van der Waals surface area (Å²) < 4.78 is 2.71. The molecule has 0 fully saturated rings. The van der Waals surface area contributed by atoms with E-state index in [1.165, 1.54) is 0 Å². The fraction of sp³-hybridized carbons (Fsp3) is 1.00. The summed E-state index contributed by atoms with van der Waals surface area (Å²) in [6, 6.07) is 0. The molecule has 0 unspecified atom stereocenters. The molecule has 0 atom stereocenters. The quantitative estimate of drug-likeness (QED) is 0.724. The van der Waals surface area contributed by atoms with Crippen molar-refractivity contribution in [1.82, 2.24) is 2.45 Å². The van der Waals surface area contributed by atoms with Gasteiger partial charge in [-0.25, -0.2) is 0 Å². The van der Waals surface area contributed by atoms with Crippen LogP contribution >= 0.6 is 8.92 Å². The van der Waals surface area contributed by atoms with E-state index in [-0.39, 0.29) is 0 Å². The summed E-state index contributed by atoms with van der Waals surface area (Å²) in [5, 5.41) is 0. The van der Waals surface area contributed by atoms with Crippen molar-refractivity contribution in [2.75, 3.05) is 0 Å². The SMILES string of the molecule is C[Si](C)(C)[N]([Sn][Cl])[Si](C)(C)C. The molecular formula is C6H18ClNSi2Sn. The van der Waals surface area contributed by atoms with Crippen molar-refractivity contribution in [2.24, 2.45) is 0 Å². The van der Waals surface area contributed by atoms with E-state index in [9.17, 15) is 0 Å². The molecule has 0 spiro atoms. The predicted molar refractivity (Wildman–Crippen MR) is 60.1 cm³/mol. The molecule has 0 aliphatic rings. The molecule has 0 amide bonds. The monoisotopic (exact) mass is 315 g/mol. The van der Waals surface area contributed by atoms with E-state index in [1.807, 2.05) is 0 Å². The van der Waals surface area contributed by atoms with Crippen molar-refractivity contribution in [2.45, 2.75) is 39.3 Å². The number of hydrogen-bond donors (Lipinski definition) is 0. The normalized spacial score (nSPS) is 14.2. The Bertz CT molecular complexity index is 116. The van der Waals surface area contributed by atoms with Gasteiger partial charge in [-0.2, -0.15) is 0 Å². The Balaban J connectivity index is 4.43. The first kappa shape index (κ1) is 12.5. The van der Waals surface area contributed by atoms with Gasteiger partial charge < -0.3 is 0 Å². The maximum atomic E-state index is 6.10. The third-order valence-corrected chi connectivity index (χ3v) is 24.6. The molecule has 0 rings (SSSR count). The molecule has 0 aromatic heterocycles. The molecule has 0 saturated heterocycles. The summed E-state index contributed by atoms with van der Waals surface area (Å²) in [6.45, 7) is 14.4. The predicted octanol–water partition coefficient (Wildman–Crippen LogP) is 2.73. The number of nitrogens with zero attached hydrogens (tertiary/aromatic N) is 1. The summed E-state index contributed by atoms with van der Waals surface area (Å²) in [5.41, 5.74) is 0. The molecule has 11 heavy (non-hydrogen) atoms. The van der Waals surface area contributed by atoms with Gasteiger partial charge in [0.1, 0.15) is 0 Å². The molecule has 1 nitrogen and oxygen atoms in total. The second-order valence-corrected chi connectivity index (χ2v) is 20.2. The Morgan fingerprint density at radius 2 is 1.18 bits per heavy atom. The second-order valence-electron chi connectivity index (χ2n) is 4.76. The standard InChI is InChI=1S/C6H18NSi2.ClH.Sn/c1-8(2,3)7-9(4,5)6;;/h1-6H3;1H;/q-1;;+2/p-1. The minimum absolute atomic E-state index is 0.712. The second kappa shape index (κ2) is 4.13. The topological polar surface area (TPSA) is 3.24 Å². The van der Waals surface area contributed by atoms with Gasteiger partial charge in [-0.1, -0.05) is 0 Å². The molecule has 66 valence electrons. The zero-order valence-corrected chi connectivity index (χ0v) is 13.9. The van der Waals surface area contributed by atoms with Crippen LogP contribution in [-0.4, -0.2) is 39.2 Å². The number of hydrogen-bond acceptors (Lipinski definition) is 1. The van der Waals surface area contributed by atoms with Gasteiger partial charge in [0, 0.05) is 0 Å². The van der Waals surface area contributed by atoms with E-state index < -0.39 is 36.8 Å². The maximum absolute atomic E-state index is 6.10. The van der Waals surface area contributed by atoms with Crippen molar-refractivity contribution in [3.8, 4) is 0 Å². The summed E-state index contributed by atoms with van der Waals surface area (Å²) in [5.74, 6) is 0. The van der Waals surface area contributed by atoms with Crippen LogP contribution in [0.25, 0.3) is 0 Å². The van der Waals surface area contributed by atoms with Crippen molar-refractivity contribution in [3.63, 3.8) is 0 Å². The van der Waals surface area contributed by atoms with Crippen LogP contribution < -0.4 is 0 Å². The summed E-state index contributed by atoms with van der Waals surface area (Å²) in [6.07, 6.45) is 0. The molecule has 5 heteroatoms. The van der Waals surface area contributed by atoms with Crippen LogP contribution in [0.1, 0.15) is 0 Å². The molecule has 0 saturated carbocycles. The first-order valence-electron chi connectivity index (χ1n) is 3.86. The first-order chi connectivity index (χ1) is 4.69. The fourth-order valence-electron chi connectivity index (χ4n) is 1.26. The van der Waals surface area contributed by atoms with Crippen LogP contribution in [0.4, 0.5) is 0 Å². The van der Waals surface area contributed by atoms with E-state index >= 15 is 0 Å². The van der Waals surface area contributed by atoms with Crippen LogP contribution in [0.3, 0.4) is 0 Å². The number of rotatable bonds is 3. The van der Waals surface area contributed by atoms with E-state index in [1.54, 1.807) is 0 Å². The fourth-order valence-corrected chi connectivity index (χ4v) is 24.4. The molecule has 0 aromatic carbocycles. The Morgan fingerprint density at radius 3 is 1.18 bits per heavy atom. The van der Waals surface area contributed by atoms with Gasteiger partial charge in [-0.15, -0.1) is 0 Å². The summed E-state index contributed by atoms with van der Waals surface area (Å²) >= 11 is -0.712. The zero-order chi connectivity index (χ0) is 9.28. The Kier molecular flexibility index (Phi) is 4.68. The van der Waals surface area contributed by atoms with Gasteiger partial charge in [-0.3, -0.25) is 0 Å². The van der Waals surface area contributed by atoms with E-state index in [4.69, 9.17) is 8.92 Å². The molecule has 0 aliphatic carbocycles. The van der Waals surface area contributed by atoms with Crippen LogP contribution in [0.15, 0.2) is 0 Å². The van der Waals surface area contributed by atoms with E-state index in [0.717, 1.165) is 0 Å². The summed E-state index contributed by atoms with van der Waals surface area (Å²) in [7, 11) is 3.94. The van der Waals surface area contributed by atoms with E-state index in [2.05, 4.69) is 41.7 Å². The van der Waals surface area contributed by atoms with Gasteiger partial charge in [0.05, 0.1) is 0 Å². The molecule has 0 heterocycles. The first-order valence-corrected chi connectivity index (χ1v) is 15.6. The molecule has 0 N–H and O–H groups in total. The Morgan fingerprint density at radius 1 is 0.909 bits per heavy atom. The van der Waals surface area contributed by atoms with Gasteiger partial charge in [-0.05, 0) is 0 Å². The van der Waals surface area contributed by atoms with Gasteiger partial charge in [0.15, 0.2) is 0 Å². The van der Waals surface area contributed by atoms with Crippen molar-refractivity contribution in [3.05, 3.63) is 0 Å². The number of halogens is 1. The van der Waals surface area contributed by atoms with Gasteiger partial charge in [0.25, 0.3) is 0 Å². The van der Waals surface area contributed by atoms with E-state index in [0.29, 0.717) is 0 Å². The van der Waals surface area contributed by atoms with Crippen LogP contribution in [0, 0.1) is 0 Å². The van der Waals surface area contributed by atoms with Gasteiger partial charge >= 0.3 is 87.4 Å². The average Bonchev–Trinajstić information content (AvgIpc) is 1.56. The molecule has 0 aliphatic heterocycles. The minimum atomic E-state index is -1.08. The van der Waals surface area contributed by atoms with Crippen molar-refractivity contribution >= 4 is 45.7 Å². The third kappa shape index (κ3) is 4.31. The summed E-state index contributed by atoms with van der Waals surface area (Å²) in [4.78, 5) is 0. The van der Waals surface area contributed by atoms with Crippen molar-refractivity contribution in [1.29, 1.82) is 0 Å². The average molecular weight is 315 g/mol. The molecule has 2 radical (unpaired) electrons. The molecule has 0 aromatic rings. The van der Waals surface area contributed by atoms with Crippen LogP contribution in [0.2, 0.25) is 39.3 Å². The van der Waals surface area contributed by atoms with Crippen LogP contribution in [0.5, 0.6) is 0 Å². The zero-order valence-electron chi connectivity index (χ0n) is 8.33. The third-order valence-electron chi connectivity index (χ3n) is 1.43. The Labute approximate surface area is 87.0 Å². The van der Waals surface area contributed by atoms with Gasteiger partial charge in [0.2, 0.25) is 0 Å².